The van der Waals surface area contributed by atoms with Gasteiger partial charge < -0.3 is 10.1 Å². The van der Waals surface area contributed by atoms with Crippen LogP contribution in [0.15, 0.2) is 11.8 Å². The molecule has 6 heteroatoms. The molecule has 1 atom stereocenters. The Hall–Kier alpha value is -0.490. The van der Waals surface area contributed by atoms with Gasteiger partial charge in [-0.05, 0) is 19.8 Å². The molecule has 0 aromatic heterocycles. The fourth-order valence-electron chi connectivity index (χ4n) is 2.31. The van der Waals surface area contributed by atoms with Crippen LogP contribution in [-0.4, -0.2) is 34.3 Å². The molecule has 0 radical (unpaired) electrons. The van der Waals surface area contributed by atoms with E-state index >= 15 is 0 Å². The van der Waals surface area contributed by atoms with E-state index in [0.29, 0.717) is 12.3 Å². The van der Waals surface area contributed by atoms with Gasteiger partial charge in [-0.2, -0.15) is 0 Å². The second-order valence-corrected chi connectivity index (χ2v) is 7.95. The first-order valence-electron chi connectivity index (χ1n) is 7.92. The maximum absolute atomic E-state index is 11.7. The molecule has 0 saturated carbocycles. The highest BCUT2D eigenvalue weighted by molar-refractivity contribution is 9.09. The van der Waals surface area contributed by atoms with Crippen LogP contribution in [-0.2, 0) is 14.3 Å². The van der Waals surface area contributed by atoms with E-state index in [-0.39, 0.29) is 22.4 Å². The number of carbonyl (C=O) groups is 2. The van der Waals surface area contributed by atoms with Gasteiger partial charge in [-0.1, -0.05) is 60.3 Å². The molecule has 0 aliphatic carbocycles. The van der Waals surface area contributed by atoms with Crippen LogP contribution < -0.4 is 5.32 Å². The Balaban J connectivity index is 2.42. The molecular formula is C16H26BrNO3S. The third-order valence-corrected chi connectivity index (χ3v) is 5.33. The van der Waals surface area contributed by atoms with Crippen molar-refractivity contribution in [1.29, 1.82) is 0 Å². The number of rotatable bonds is 11. The smallest absolute Gasteiger partial charge is 0.257 e. The number of alkyl halides is 1. The minimum Gasteiger partial charge on any atom is -0.486 e. The zero-order valence-electron chi connectivity index (χ0n) is 13.5. The zero-order valence-corrected chi connectivity index (χ0v) is 15.9. The molecule has 0 spiro atoms. The van der Waals surface area contributed by atoms with Gasteiger partial charge in [0.15, 0.2) is 6.61 Å². The van der Waals surface area contributed by atoms with E-state index in [2.05, 4.69) is 28.2 Å². The van der Waals surface area contributed by atoms with Crippen LogP contribution in [0.5, 0.6) is 0 Å². The molecule has 1 N–H and O–H groups in total. The Kier molecular flexibility index (Phi) is 9.17. The van der Waals surface area contributed by atoms with Gasteiger partial charge in [-0.25, -0.2) is 0 Å². The van der Waals surface area contributed by atoms with Crippen molar-refractivity contribution in [3.05, 3.63) is 11.8 Å². The molecule has 1 amide bonds. The summed E-state index contributed by atoms with van der Waals surface area (Å²) in [5, 5.41) is 3.68. The van der Waals surface area contributed by atoms with E-state index in [1.54, 1.807) is 0 Å². The van der Waals surface area contributed by atoms with Gasteiger partial charge in [0.1, 0.15) is 5.76 Å². The van der Waals surface area contributed by atoms with Crippen LogP contribution in [0.25, 0.3) is 0 Å². The first-order chi connectivity index (χ1) is 10.5. The molecule has 1 rings (SSSR count). The maximum Gasteiger partial charge on any atom is 0.257 e. The van der Waals surface area contributed by atoms with Gasteiger partial charge in [0.05, 0.1) is 4.75 Å². The molecule has 0 bridgehead atoms. The summed E-state index contributed by atoms with van der Waals surface area (Å²) in [7, 11) is 0. The summed E-state index contributed by atoms with van der Waals surface area (Å²) in [4.78, 5) is 23.4. The maximum atomic E-state index is 11.7. The van der Waals surface area contributed by atoms with Crippen molar-refractivity contribution in [3.63, 3.8) is 0 Å². The van der Waals surface area contributed by atoms with E-state index in [9.17, 15) is 9.59 Å². The number of nitrogens with one attached hydrogen (secondary N) is 1. The highest BCUT2D eigenvalue weighted by Crippen LogP contribution is 2.43. The summed E-state index contributed by atoms with van der Waals surface area (Å²) in [5.41, 5.74) is 0. The molecular weight excluding hydrogens is 366 g/mol. The number of halogens is 1. The number of ether oxygens (including phenoxy) is 1. The average molecular weight is 392 g/mol. The van der Waals surface area contributed by atoms with E-state index in [1.165, 1.54) is 37.1 Å². The summed E-state index contributed by atoms with van der Waals surface area (Å²) in [6.45, 7) is 4.82. The average Bonchev–Trinajstić information content (AvgIpc) is 2.76. The normalized spacial score (nSPS) is 20.9. The monoisotopic (exact) mass is 391 g/mol. The summed E-state index contributed by atoms with van der Waals surface area (Å²) >= 11 is 4.63. The highest BCUT2D eigenvalue weighted by Gasteiger charge is 2.39. The van der Waals surface area contributed by atoms with Crippen LogP contribution in [0.2, 0.25) is 0 Å². The predicted molar refractivity (Wildman–Crippen MR) is 95.2 cm³/mol. The van der Waals surface area contributed by atoms with Crippen molar-refractivity contribution in [2.24, 2.45) is 0 Å². The SMILES string of the molecule is CCCCCC[C@@]1(C)SC(=O)C=C1OCC(=O)NCCCBr. The second-order valence-electron chi connectivity index (χ2n) is 5.65. The van der Waals surface area contributed by atoms with Crippen LogP contribution in [0.1, 0.15) is 52.4 Å². The molecule has 0 unspecified atom stereocenters. The molecule has 1 aliphatic heterocycles. The first-order valence-corrected chi connectivity index (χ1v) is 9.86. The molecule has 0 saturated heterocycles. The Morgan fingerprint density at radius 1 is 1.36 bits per heavy atom. The van der Waals surface area contributed by atoms with Crippen LogP contribution in [0.3, 0.4) is 0 Å². The van der Waals surface area contributed by atoms with E-state index in [4.69, 9.17) is 4.74 Å². The van der Waals surface area contributed by atoms with Crippen molar-refractivity contribution < 1.29 is 14.3 Å². The molecule has 0 aromatic carbocycles. The molecule has 1 aliphatic rings. The summed E-state index contributed by atoms with van der Waals surface area (Å²) in [6, 6.07) is 0. The lowest BCUT2D eigenvalue weighted by Gasteiger charge is -2.25. The minimum absolute atomic E-state index is 0.0210. The zero-order chi connectivity index (χ0) is 16.4. The van der Waals surface area contributed by atoms with Gasteiger partial charge in [0, 0.05) is 18.0 Å². The second kappa shape index (κ2) is 10.3. The fourth-order valence-corrected chi connectivity index (χ4v) is 3.66. The number of hydrogen-bond donors (Lipinski definition) is 1. The Morgan fingerprint density at radius 2 is 2.14 bits per heavy atom. The summed E-state index contributed by atoms with van der Waals surface area (Å²) in [5.74, 6) is 0.508. The van der Waals surface area contributed by atoms with Gasteiger partial charge >= 0.3 is 0 Å². The van der Waals surface area contributed by atoms with Crippen LogP contribution in [0.4, 0.5) is 0 Å². The molecule has 0 aromatic rings. The van der Waals surface area contributed by atoms with Gasteiger partial charge in [-0.3, -0.25) is 9.59 Å². The van der Waals surface area contributed by atoms with E-state index < -0.39 is 0 Å². The Morgan fingerprint density at radius 3 is 2.82 bits per heavy atom. The summed E-state index contributed by atoms with van der Waals surface area (Å²) in [6.07, 6.45) is 7.97. The van der Waals surface area contributed by atoms with Crippen molar-refractivity contribution in [2.45, 2.75) is 57.1 Å². The lowest BCUT2D eigenvalue weighted by atomic mass is 9.99. The molecule has 22 heavy (non-hydrogen) atoms. The predicted octanol–water partition coefficient (Wildman–Crippen LogP) is 3.79. The topological polar surface area (TPSA) is 55.4 Å². The number of unbranched alkanes of at least 4 members (excludes halogenated alkanes) is 3. The van der Waals surface area contributed by atoms with E-state index in [1.807, 2.05) is 6.92 Å². The van der Waals surface area contributed by atoms with Crippen molar-refractivity contribution >= 4 is 38.7 Å². The molecule has 4 nitrogen and oxygen atoms in total. The van der Waals surface area contributed by atoms with Gasteiger partial charge in [0.25, 0.3) is 5.91 Å². The third-order valence-electron chi connectivity index (χ3n) is 3.59. The lowest BCUT2D eigenvalue weighted by molar-refractivity contribution is -0.124. The molecule has 0 fully saturated rings. The number of carbonyl (C=O) groups excluding carboxylic acids is 2. The van der Waals surface area contributed by atoms with Crippen LogP contribution >= 0.6 is 27.7 Å². The summed E-state index contributed by atoms with van der Waals surface area (Å²) < 4.78 is 5.32. The Labute approximate surface area is 145 Å². The molecule has 126 valence electrons. The van der Waals surface area contributed by atoms with Crippen molar-refractivity contribution in [2.75, 3.05) is 18.5 Å². The van der Waals surface area contributed by atoms with Gasteiger partial charge in [-0.15, -0.1) is 0 Å². The minimum atomic E-state index is -0.318. The Bertz CT molecular complexity index is 414. The van der Waals surface area contributed by atoms with Crippen molar-refractivity contribution in [3.8, 4) is 0 Å². The standard InChI is InChI=1S/C16H26BrNO3S/c1-3-4-5-6-8-16(2)13(11-15(20)22-16)21-12-14(19)18-10-7-9-17/h11H,3-10,12H2,1-2H3,(H,18,19)/t16-/m1/s1. The largest absolute Gasteiger partial charge is 0.486 e. The number of amides is 1. The fraction of sp³-hybridized carbons (Fsp3) is 0.750. The quantitative estimate of drug-likeness (QED) is 0.429. The third kappa shape index (κ3) is 6.73. The van der Waals surface area contributed by atoms with Gasteiger partial charge in [0.2, 0.25) is 5.12 Å². The first kappa shape index (κ1) is 19.6. The lowest BCUT2D eigenvalue weighted by Crippen LogP contribution is -2.31. The highest BCUT2D eigenvalue weighted by atomic mass is 79.9. The van der Waals surface area contributed by atoms with E-state index in [0.717, 1.165) is 24.6 Å². The number of hydrogen-bond acceptors (Lipinski definition) is 4. The van der Waals surface area contributed by atoms with Crippen LogP contribution in [0, 0.1) is 0 Å². The molecule has 1 heterocycles. The van der Waals surface area contributed by atoms with Crippen molar-refractivity contribution in [1.82, 2.24) is 5.32 Å². The number of thioether (sulfide) groups is 1.